The third-order valence-electron chi connectivity index (χ3n) is 5.17. The van der Waals surface area contributed by atoms with E-state index in [4.69, 9.17) is 10.9 Å². The quantitative estimate of drug-likeness (QED) is 0.269. The third-order valence-corrected chi connectivity index (χ3v) is 6.10. The first kappa shape index (κ1) is 25.8. The van der Waals surface area contributed by atoms with Crippen LogP contribution in [-0.2, 0) is 16.6 Å². The van der Waals surface area contributed by atoms with Crippen molar-refractivity contribution in [1.29, 1.82) is 0 Å². The van der Waals surface area contributed by atoms with Gasteiger partial charge >= 0.3 is 6.18 Å². The summed E-state index contributed by atoms with van der Waals surface area (Å²) in [7, 11) is -3.84. The summed E-state index contributed by atoms with van der Waals surface area (Å²) in [5.41, 5.74) is 7.66. The number of halogens is 3. The fourth-order valence-corrected chi connectivity index (χ4v) is 3.86. The topological polar surface area (TPSA) is 166 Å². The highest BCUT2D eigenvalue weighted by Gasteiger charge is 2.27. The molecule has 0 radical (unpaired) electrons. The number of alkyl halides is 3. The first-order valence-corrected chi connectivity index (χ1v) is 12.2. The molecule has 6 N–H and O–H groups in total. The van der Waals surface area contributed by atoms with E-state index in [0.29, 0.717) is 22.4 Å². The second-order valence-electron chi connectivity index (χ2n) is 7.91. The molecule has 2 aromatic carbocycles. The van der Waals surface area contributed by atoms with Crippen LogP contribution in [0.25, 0.3) is 22.3 Å². The number of primary amides is 1. The Labute approximate surface area is 209 Å². The lowest BCUT2D eigenvalue weighted by Gasteiger charge is -2.14. The molecular formula is C23H20F3N7O3S. The molecule has 37 heavy (non-hydrogen) atoms. The van der Waals surface area contributed by atoms with Crippen LogP contribution in [0.2, 0.25) is 0 Å². The number of nitrogens with two attached hydrogens (primary N) is 2. The molecule has 0 aliphatic carbocycles. The number of benzene rings is 2. The fourth-order valence-electron chi connectivity index (χ4n) is 3.34. The van der Waals surface area contributed by atoms with Crippen molar-refractivity contribution in [2.24, 2.45) is 10.9 Å². The lowest BCUT2D eigenvalue weighted by Crippen LogP contribution is -2.22. The van der Waals surface area contributed by atoms with Crippen molar-refractivity contribution >= 4 is 38.7 Å². The summed E-state index contributed by atoms with van der Waals surface area (Å²) in [6, 6.07) is 15.3. The SMILES string of the molecule is NC(=O)c1ccc(-c2ccc3nc(NCc4ccc(S(N)(=O)=O)cc4)nc(NCC(F)(F)F)c3n2)cc1. The van der Waals surface area contributed by atoms with Crippen molar-refractivity contribution in [3.63, 3.8) is 0 Å². The predicted octanol–water partition coefficient (Wildman–Crippen LogP) is 3.02. The van der Waals surface area contributed by atoms with Gasteiger partial charge in [0.25, 0.3) is 0 Å². The van der Waals surface area contributed by atoms with Gasteiger partial charge < -0.3 is 16.4 Å². The van der Waals surface area contributed by atoms with Crippen LogP contribution in [0.5, 0.6) is 0 Å². The highest BCUT2D eigenvalue weighted by atomic mass is 32.2. The van der Waals surface area contributed by atoms with Crippen LogP contribution in [0.1, 0.15) is 15.9 Å². The maximum absolute atomic E-state index is 12.9. The average molecular weight is 532 g/mol. The maximum Gasteiger partial charge on any atom is 0.405 e. The predicted molar refractivity (Wildman–Crippen MR) is 131 cm³/mol. The van der Waals surface area contributed by atoms with Crippen molar-refractivity contribution < 1.29 is 26.4 Å². The van der Waals surface area contributed by atoms with E-state index in [0.717, 1.165) is 0 Å². The number of nitrogens with one attached hydrogen (secondary N) is 2. The highest BCUT2D eigenvalue weighted by Crippen LogP contribution is 2.27. The number of carbonyl (C=O) groups is 1. The van der Waals surface area contributed by atoms with E-state index < -0.39 is 28.7 Å². The first-order chi connectivity index (χ1) is 17.4. The molecule has 14 heteroatoms. The number of fused-ring (bicyclic) bond motifs is 1. The van der Waals surface area contributed by atoms with Crippen molar-refractivity contribution in [3.05, 3.63) is 71.8 Å². The van der Waals surface area contributed by atoms with Crippen LogP contribution in [-0.4, -0.2) is 42.0 Å². The van der Waals surface area contributed by atoms with Crippen LogP contribution in [0.3, 0.4) is 0 Å². The minimum atomic E-state index is -4.50. The lowest BCUT2D eigenvalue weighted by atomic mass is 10.1. The van der Waals surface area contributed by atoms with E-state index in [1.807, 2.05) is 0 Å². The molecule has 0 aliphatic heterocycles. The van der Waals surface area contributed by atoms with Gasteiger partial charge in [-0.25, -0.2) is 23.5 Å². The Kier molecular flexibility index (Phi) is 6.96. The van der Waals surface area contributed by atoms with Gasteiger partial charge in [-0.3, -0.25) is 4.79 Å². The summed E-state index contributed by atoms with van der Waals surface area (Å²) in [6.07, 6.45) is -4.50. The molecule has 0 saturated carbocycles. The zero-order chi connectivity index (χ0) is 26.8. The standard InChI is InChI=1S/C23H20F3N7O3S/c24-23(25,26)12-30-21-19-18(10-9-17(31-19)14-3-5-15(6-4-14)20(27)34)32-22(33-21)29-11-13-1-7-16(8-2-13)37(28,35)36/h1-10H,11-12H2,(H2,27,34)(H2,28,35,36)(H2,29,30,32,33). The van der Waals surface area contributed by atoms with E-state index in [1.165, 1.54) is 36.4 Å². The number of rotatable bonds is 8. The fraction of sp³-hybridized carbons (Fsp3) is 0.130. The van der Waals surface area contributed by atoms with Gasteiger partial charge in [0.1, 0.15) is 12.1 Å². The van der Waals surface area contributed by atoms with Gasteiger partial charge in [-0.1, -0.05) is 24.3 Å². The summed E-state index contributed by atoms with van der Waals surface area (Å²) in [4.78, 5) is 24.2. The minimum absolute atomic E-state index is 0.0352. The molecule has 0 fully saturated rings. The van der Waals surface area contributed by atoms with E-state index >= 15 is 0 Å². The van der Waals surface area contributed by atoms with Gasteiger partial charge in [0.05, 0.1) is 16.1 Å². The number of hydrogen-bond donors (Lipinski definition) is 4. The summed E-state index contributed by atoms with van der Waals surface area (Å²) in [5.74, 6) is -0.691. The van der Waals surface area contributed by atoms with Crippen LogP contribution in [0.4, 0.5) is 24.9 Å². The molecule has 1 amide bonds. The molecule has 0 spiro atoms. The molecule has 2 aromatic heterocycles. The van der Waals surface area contributed by atoms with Crippen LogP contribution in [0.15, 0.2) is 65.6 Å². The number of pyridine rings is 1. The van der Waals surface area contributed by atoms with Crippen LogP contribution >= 0.6 is 0 Å². The normalized spacial score (nSPS) is 11.9. The maximum atomic E-state index is 12.9. The number of amides is 1. The zero-order valence-corrected chi connectivity index (χ0v) is 19.8. The van der Waals surface area contributed by atoms with Crippen LogP contribution < -0.4 is 21.5 Å². The van der Waals surface area contributed by atoms with E-state index in [1.54, 1.807) is 24.3 Å². The van der Waals surface area contributed by atoms with Gasteiger partial charge in [0.2, 0.25) is 21.9 Å². The van der Waals surface area contributed by atoms with Gasteiger partial charge in [-0.15, -0.1) is 0 Å². The molecule has 10 nitrogen and oxygen atoms in total. The molecule has 192 valence electrons. The smallest absolute Gasteiger partial charge is 0.366 e. The Morgan fingerprint density at radius 1 is 0.892 bits per heavy atom. The molecule has 4 rings (SSSR count). The number of sulfonamides is 1. The highest BCUT2D eigenvalue weighted by molar-refractivity contribution is 7.89. The van der Waals surface area contributed by atoms with Crippen molar-refractivity contribution in [1.82, 2.24) is 15.0 Å². The van der Waals surface area contributed by atoms with Crippen molar-refractivity contribution in [3.8, 4) is 11.3 Å². The molecule has 4 aromatic rings. The Bertz CT molecular complexity index is 1560. The molecule has 0 atom stereocenters. The first-order valence-electron chi connectivity index (χ1n) is 10.6. The monoisotopic (exact) mass is 531 g/mol. The lowest BCUT2D eigenvalue weighted by molar-refractivity contribution is -0.115. The van der Waals surface area contributed by atoms with Crippen LogP contribution in [0, 0.1) is 0 Å². The summed E-state index contributed by atoms with van der Waals surface area (Å²) >= 11 is 0. The number of primary sulfonamides is 1. The number of hydrogen-bond acceptors (Lipinski definition) is 8. The summed E-state index contributed by atoms with van der Waals surface area (Å²) in [5, 5.41) is 10.3. The average Bonchev–Trinajstić information content (AvgIpc) is 2.85. The molecule has 2 heterocycles. The molecule has 0 saturated heterocycles. The van der Waals surface area contributed by atoms with Gasteiger partial charge in [-0.05, 0) is 42.0 Å². The minimum Gasteiger partial charge on any atom is -0.366 e. The number of carbonyl (C=O) groups excluding carboxylic acids is 1. The Morgan fingerprint density at radius 3 is 2.16 bits per heavy atom. The van der Waals surface area contributed by atoms with Gasteiger partial charge in [0.15, 0.2) is 5.82 Å². The second kappa shape index (κ2) is 9.99. The summed E-state index contributed by atoms with van der Waals surface area (Å²) in [6.45, 7) is -1.18. The summed E-state index contributed by atoms with van der Waals surface area (Å²) < 4.78 is 61.6. The van der Waals surface area contributed by atoms with E-state index in [2.05, 4.69) is 25.6 Å². The molecule has 0 unspecified atom stereocenters. The third kappa shape index (κ3) is 6.48. The van der Waals surface area contributed by atoms with Crippen molar-refractivity contribution in [2.75, 3.05) is 17.2 Å². The van der Waals surface area contributed by atoms with Crippen molar-refractivity contribution in [2.45, 2.75) is 17.6 Å². The Hall–Kier alpha value is -4.30. The number of anilines is 2. The van der Waals surface area contributed by atoms with E-state index in [-0.39, 0.29) is 34.2 Å². The Morgan fingerprint density at radius 2 is 1.57 bits per heavy atom. The molecule has 0 aliphatic rings. The van der Waals surface area contributed by atoms with E-state index in [9.17, 15) is 26.4 Å². The van der Waals surface area contributed by atoms with Gasteiger partial charge in [-0.2, -0.15) is 18.2 Å². The number of aromatic nitrogens is 3. The molecule has 0 bridgehead atoms. The Balaban J connectivity index is 1.65. The molecular weight excluding hydrogens is 511 g/mol. The largest absolute Gasteiger partial charge is 0.405 e. The van der Waals surface area contributed by atoms with Gasteiger partial charge in [0, 0.05) is 17.7 Å². The zero-order valence-electron chi connectivity index (χ0n) is 19.0. The second-order valence-corrected chi connectivity index (χ2v) is 9.47. The number of nitrogens with zero attached hydrogens (tertiary/aromatic N) is 3.